The molecule has 3 nitrogen and oxygen atoms in total. The molecule has 2 N–H and O–H groups in total. The summed E-state index contributed by atoms with van der Waals surface area (Å²) in [6.07, 6.45) is 2.75. The van der Waals surface area contributed by atoms with E-state index in [0.29, 0.717) is 0 Å². The summed E-state index contributed by atoms with van der Waals surface area (Å²) in [6.45, 7) is 0. The van der Waals surface area contributed by atoms with E-state index in [-0.39, 0.29) is 6.04 Å². The summed E-state index contributed by atoms with van der Waals surface area (Å²) in [4.78, 5) is 1.19. The van der Waals surface area contributed by atoms with Crippen LogP contribution in [-0.2, 0) is 13.5 Å². The van der Waals surface area contributed by atoms with Crippen molar-refractivity contribution in [1.82, 2.24) is 9.78 Å². The van der Waals surface area contributed by atoms with E-state index in [1.165, 1.54) is 4.90 Å². The van der Waals surface area contributed by atoms with E-state index >= 15 is 0 Å². The van der Waals surface area contributed by atoms with Crippen molar-refractivity contribution in [2.24, 2.45) is 12.8 Å². The van der Waals surface area contributed by atoms with Gasteiger partial charge in [0.05, 0.1) is 5.69 Å². The predicted molar refractivity (Wildman–Crippen MR) is 77.1 cm³/mol. The highest BCUT2D eigenvalue weighted by atomic mass is 35.5. The standard InChI is InChI=1S/C13H16ClN3S/c1-17-7-6-12(16-17)8-11(15)9-18-13-4-2-10(14)3-5-13/h2-7,11H,8-9,15H2,1H3. The minimum atomic E-state index is 0.112. The van der Waals surface area contributed by atoms with Crippen LogP contribution >= 0.6 is 23.4 Å². The van der Waals surface area contributed by atoms with Crippen molar-refractivity contribution in [2.75, 3.05) is 5.75 Å². The molecule has 0 aliphatic heterocycles. The summed E-state index contributed by atoms with van der Waals surface area (Å²) >= 11 is 7.58. The number of aromatic nitrogens is 2. The molecule has 0 fully saturated rings. The third-order valence-electron chi connectivity index (χ3n) is 2.52. The van der Waals surface area contributed by atoms with Gasteiger partial charge in [-0.15, -0.1) is 11.8 Å². The van der Waals surface area contributed by atoms with Crippen LogP contribution < -0.4 is 5.73 Å². The summed E-state index contributed by atoms with van der Waals surface area (Å²) in [5.74, 6) is 0.873. The quantitative estimate of drug-likeness (QED) is 0.857. The Morgan fingerprint density at radius 1 is 1.33 bits per heavy atom. The lowest BCUT2D eigenvalue weighted by atomic mass is 10.2. The van der Waals surface area contributed by atoms with Crippen molar-refractivity contribution in [1.29, 1.82) is 0 Å². The smallest absolute Gasteiger partial charge is 0.0640 e. The van der Waals surface area contributed by atoms with Gasteiger partial charge in [0.25, 0.3) is 0 Å². The first kappa shape index (κ1) is 13.5. The number of rotatable bonds is 5. The first-order valence-electron chi connectivity index (χ1n) is 5.76. The molecular formula is C13H16ClN3S. The Hall–Kier alpha value is -0.970. The summed E-state index contributed by atoms with van der Waals surface area (Å²) in [7, 11) is 1.91. The van der Waals surface area contributed by atoms with Crippen LogP contribution in [0, 0.1) is 0 Å². The van der Waals surface area contributed by atoms with Crippen LogP contribution in [0.25, 0.3) is 0 Å². The van der Waals surface area contributed by atoms with Gasteiger partial charge in [0.1, 0.15) is 0 Å². The van der Waals surface area contributed by atoms with Gasteiger partial charge in [0.15, 0.2) is 0 Å². The fourth-order valence-corrected chi connectivity index (χ4v) is 2.61. The highest BCUT2D eigenvalue weighted by Crippen LogP contribution is 2.21. The molecule has 0 bridgehead atoms. The normalized spacial score (nSPS) is 12.6. The molecule has 0 radical (unpaired) electrons. The van der Waals surface area contributed by atoms with E-state index in [9.17, 15) is 0 Å². The zero-order valence-electron chi connectivity index (χ0n) is 10.2. The Kier molecular flexibility index (Phi) is 4.69. The molecule has 2 aromatic rings. The van der Waals surface area contributed by atoms with Crippen molar-refractivity contribution < 1.29 is 0 Å². The number of nitrogens with zero attached hydrogens (tertiary/aromatic N) is 2. The van der Waals surface area contributed by atoms with Gasteiger partial charge in [-0.25, -0.2) is 0 Å². The van der Waals surface area contributed by atoms with Crippen LogP contribution in [0.1, 0.15) is 5.69 Å². The lowest BCUT2D eigenvalue weighted by molar-refractivity contribution is 0.691. The van der Waals surface area contributed by atoms with Crippen LogP contribution in [0.3, 0.4) is 0 Å². The fraction of sp³-hybridized carbons (Fsp3) is 0.308. The second kappa shape index (κ2) is 6.27. The molecule has 0 spiro atoms. The van der Waals surface area contributed by atoms with Crippen molar-refractivity contribution >= 4 is 23.4 Å². The van der Waals surface area contributed by atoms with Gasteiger partial charge in [0, 0.05) is 41.4 Å². The number of hydrogen-bond donors (Lipinski definition) is 1. The molecule has 18 heavy (non-hydrogen) atoms. The zero-order valence-corrected chi connectivity index (χ0v) is 11.8. The summed E-state index contributed by atoms with van der Waals surface area (Å²) in [6, 6.07) is 9.94. The highest BCUT2D eigenvalue weighted by molar-refractivity contribution is 7.99. The molecule has 1 atom stereocenters. The lowest BCUT2D eigenvalue weighted by Crippen LogP contribution is -2.25. The van der Waals surface area contributed by atoms with Gasteiger partial charge < -0.3 is 5.73 Å². The summed E-state index contributed by atoms with van der Waals surface area (Å²) in [5, 5.41) is 5.09. The molecular weight excluding hydrogens is 266 g/mol. The van der Waals surface area contributed by atoms with Gasteiger partial charge in [0.2, 0.25) is 0 Å². The van der Waals surface area contributed by atoms with Crippen molar-refractivity contribution in [3.05, 3.63) is 47.2 Å². The molecule has 0 aliphatic rings. The second-order valence-corrected chi connectivity index (χ2v) is 5.74. The van der Waals surface area contributed by atoms with Crippen LogP contribution in [-0.4, -0.2) is 21.6 Å². The first-order chi connectivity index (χ1) is 8.63. The lowest BCUT2D eigenvalue weighted by Gasteiger charge is -2.09. The van der Waals surface area contributed by atoms with Crippen molar-refractivity contribution in [2.45, 2.75) is 17.4 Å². The number of thioether (sulfide) groups is 1. The average molecular weight is 282 g/mol. The zero-order chi connectivity index (χ0) is 13.0. The maximum absolute atomic E-state index is 6.10. The number of halogens is 1. The molecule has 1 aromatic heterocycles. The minimum Gasteiger partial charge on any atom is -0.327 e. The van der Waals surface area contributed by atoms with E-state index < -0.39 is 0 Å². The molecule has 1 aromatic carbocycles. The number of hydrogen-bond acceptors (Lipinski definition) is 3. The molecule has 1 heterocycles. The van der Waals surface area contributed by atoms with Gasteiger partial charge in [-0.05, 0) is 30.3 Å². The van der Waals surface area contributed by atoms with E-state index in [4.69, 9.17) is 17.3 Å². The van der Waals surface area contributed by atoms with E-state index in [1.807, 2.05) is 43.6 Å². The largest absolute Gasteiger partial charge is 0.327 e. The molecule has 0 saturated carbocycles. The van der Waals surface area contributed by atoms with Gasteiger partial charge >= 0.3 is 0 Å². The summed E-state index contributed by atoms with van der Waals surface area (Å²) < 4.78 is 1.80. The molecule has 96 valence electrons. The highest BCUT2D eigenvalue weighted by Gasteiger charge is 2.07. The Bertz CT molecular complexity index is 495. The molecule has 0 saturated heterocycles. The van der Waals surface area contributed by atoms with Gasteiger partial charge in [-0.1, -0.05) is 11.6 Å². The Labute approximate surface area is 116 Å². The Morgan fingerprint density at radius 2 is 2.06 bits per heavy atom. The predicted octanol–water partition coefficient (Wildman–Crippen LogP) is 2.74. The molecule has 2 rings (SSSR count). The van der Waals surface area contributed by atoms with Crippen LogP contribution in [0.2, 0.25) is 5.02 Å². The van der Waals surface area contributed by atoms with E-state index in [0.717, 1.165) is 22.9 Å². The molecule has 0 aliphatic carbocycles. The van der Waals surface area contributed by atoms with Crippen molar-refractivity contribution in [3.63, 3.8) is 0 Å². The third kappa shape index (κ3) is 4.05. The molecule has 5 heteroatoms. The fourth-order valence-electron chi connectivity index (χ4n) is 1.63. The van der Waals surface area contributed by atoms with Crippen LogP contribution in [0.4, 0.5) is 0 Å². The third-order valence-corrected chi connectivity index (χ3v) is 3.97. The van der Waals surface area contributed by atoms with E-state index in [2.05, 4.69) is 5.10 Å². The maximum atomic E-state index is 6.10. The van der Waals surface area contributed by atoms with Gasteiger partial charge in [-0.2, -0.15) is 5.10 Å². The topological polar surface area (TPSA) is 43.8 Å². The van der Waals surface area contributed by atoms with Crippen LogP contribution in [0.5, 0.6) is 0 Å². The first-order valence-corrected chi connectivity index (χ1v) is 7.12. The monoisotopic (exact) mass is 281 g/mol. The average Bonchev–Trinajstić information content (AvgIpc) is 2.74. The Morgan fingerprint density at radius 3 is 2.67 bits per heavy atom. The molecule has 0 amide bonds. The maximum Gasteiger partial charge on any atom is 0.0640 e. The van der Waals surface area contributed by atoms with E-state index in [1.54, 1.807) is 16.4 Å². The SMILES string of the molecule is Cn1ccc(CC(N)CSc2ccc(Cl)cc2)n1. The Balaban J connectivity index is 1.81. The number of benzene rings is 1. The second-order valence-electron chi connectivity index (χ2n) is 4.21. The van der Waals surface area contributed by atoms with Crippen LogP contribution in [0.15, 0.2) is 41.4 Å². The summed E-state index contributed by atoms with van der Waals surface area (Å²) in [5.41, 5.74) is 7.14. The van der Waals surface area contributed by atoms with Gasteiger partial charge in [-0.3, -0.25) is 4.68 Å². The molecule has 1 unspecified atom stereocenters. The number of nitrogens with two attached hydrogens (primary N) is 1. The van der Waals surface area contributed by atoms with Crippen molar-refractivity contribution in [3.8, 4) is 0 Å². The minimum absolute atomic E-state index is 0.112. The number of aryl methyl sites for hydroxylation is 1.